The quantitative estimate of drug-likeness (QED) is 0.197. The SMILES string of the molecule is CC(C)c1cccc(C(C)C)c1N1C(=O)c2cccc3c(/C=C/c4ccc(N(C)C)cc4)ccc(c23)C1=O. The molecule has 0 atom stereocenters. The Morgan fingerprint density at radius 3 is 1.84 bits per heavy atom. The highest BCUT2D eigenvalue weighted by Crippen LogP contribution is 2.41. The molecule has 0 saturated carbocycles. The molecule has 0 fully saturated rings. The Morgan fingerprint density at radius 1 is 0.684 bits per heavy atom. The maximum Gasteiger partial charge on any atom is 0.266 e. The number of carbonyl (C=O) groups is 2. The lowest BCUT2D eigenvalue weighted by atomic mass is 9.87. The molecular formula is C34H34N2O2. The van der Waals surface area contributed by atoms with Crippen molar-refractivity contribution in [2.75, 3.05) is 23.9 Å². The second-order valence-corrected chi connectivity index (χ2v) is 10.8. The van der Waals surface area contributed by atoms with E-state index >= 15 is 0 Å². The van der Waals surface area contributed by atoms with Crippen molar-refractivity contribution >= 4 is 46.1 Å². The molecule has 38 heavy (non-hydrogen) atoms. The Labute approximate surface area is 225 Å². The summed E-state index contributed by atoms with van der Waals surface area (Å²) in [6.07, 6.45) is 4.12. The van der Waals surface area contributed by atoms with Gasteiger partial charge >= 0.3 is 0 Å². The first-order valence-electron chi connectivity index (χ1n) is 13.2. The molecule has 2 amide bonds. The monoisotopic (exact) mass is 502 g/mol. The first kappa shape index (κ1) is 25.5. The highest BCUT2D eigenvalue weighted by atomic mass is 16.2. The Morgan fingerprint density at radius 2 is 1.26 bits per heavy atom. The number of amides is 2. The fraction of sp³-hybridized carbons (Fsp3) is 0.235. The Kier molecular flexibility index (Phi) is 6.66. The van der Waals surface area contributed by atoms with E-state index < -0.39 is 0 Å². The number of hydrogen-bond acceptors (Lipinski definition) is 3. The van der Waals surface area contributed by atoms with Gasteiger partial charge in [0.1, 0.15) is 0 Å². The Hall–Kier alpha value is -4.18. The molecule has 5 rings (SSSR count). The summed E-state index contributed by atoms with van der Waals surface area (Å²) < 4.78 is 0. The summed E-state index contributed by atoms with van der Waals surface area (Å²) in [6.45, 7) is 8.40. The lowest BCUT2D eigenvalue weighted by Gasteiger charge is -2.32. The number of nitrogens with zero attached hydrogens (tertiary/aromatic N) is 2. The summed E-state index contributed by atoms with van der Waals surface area (Å²) in [4.78, 5) is 31.5. The molecule has 0 N–H and O–H groups in total. The zero-order valence-corrected chi connectivity index (χ0v) is 22.9. The molecule has 192 valence electrons. The number of benzene rings is 4. The van der Waals surface area contributed by atoms with Crippen molar-refractivity contribution in [3.8, 4) is 0 Å². The van der Waals surface area contributed by atoms with Crippen molar-refractivity contribution in [2.24, 2.45) is 0 Å². The van der Waals surface area contributed by atoms with Crippen LogP contribution in [0.2, 0.25) is 0 Å². The van der Waals surface area contributed by atoms with Gasteiger partial charge in [0, 0.05) is 36.3 Å². The van der Waals surface area contributed by atoms with E-state index in [-0.39, 0.29) is 23.7 Å². The fourth-order valence-electron chi connectivity index (χ4n) is 5.31. The van der Waals surface area contributed by atoms with Crippen LogP contribution in [0.3, 0.4) is 0 Å². The van der Waals surface area contributed by atoms with Crippen molar-refractivity contribution < 1.29 is 9.59 Å². The van der Waals surface area contributed by atoms with Gasteiger partial charge in [-0.25, -0.2) is 4.90 Å². The van der Waals surface area contributed by atoms with E-state index in [4.69, 9.17) is 0 Å². The number of hydrogen-bond donors (Lipinski definition) is 0. The van der Waals surface area contributed by atoms with Crippen LogP contribution in [0.1, 0.15) is 82.5 Å². The van der Waals surface area contributed by atoms with Crippen LogP contribution in [0.25, 0.3) is 22.9 Å². The molecule has 0 bridgehead atoms. The predicted octanol–water partition coefficient (Wildman–Crippen LogP) is 8.12. The van der Waals surface area contributed by atoms with Crippen molar-refractivity contribution in [3.63, 3.8) is 0 Å². The average Bonchev–Trinajstić information content (AvgIpc) is 2.90. The van der Waals surface area contributed by atoms with E-state index in [1.165, 1.54) is 4.90 Å². The molecule has 1 heterocycles. The van der Waals surface area contributed by atoms with E-state index in [0.717, 1.165) is 44.4 Å². The van der Waals surface area contributed by atoms with E-state index in [9.17, 15) is 9.59 Å². The van der Waals surface area contributed by atoms with Crippen LogP contribution in [-0.4, -0.2) is 25.9 Å². The van der Waals surface area contributed by atoms with Crippen LogP contribution < -0.4 is 9.80 Å². The zero-order valence-electron chi connectivity index (χ0n) is 22.9. The molecule has 0 saturated heterocycles. The van der Waals surface area contributed by atoms with Gasteiger partial charge in [0.15, 0.2) is 0 Å². The van der Waals surface area contributed by atoms with E-state index in [1.54, 1.807) is 0 Å². The van der Waals surface area contributed by atoms with E-state index in [2.05, 4.69) is 69.0 Å². The van der Waals surface area contributed by atoms with Gasteiger partial charge in [0.2, 0.25) is 0 Å². The Bertz CT molecular complexity index is 1530. The van der Waals surface area contributed by atoms with Crippen LogP contribution in [0, 0.1) is 0 Å². The number of rotatable bonds is 6. The van der Waals surface area contributed by atoms with Gasteiger partial charge in [-0.15, -0.1) is 0 Å². The molecule has 4 heteroatoms. The second-order valence-electron chi connectivity index (χ2n) is 10.8. The molecule has 4 aromatic rings. The number of carbonyl (C=O) groups excluding carboxylic acids is 2. The zero-order chi connectivity index (χ0) is 27.1. The highest BCUT2D eigenvalue weighted by Gasteiger charge is 2.37. The van der Waals surface area contributed by atoms with Crippen molar-refractivity contribution in [1.82, 2.24) is 0 Å². The molecule has 0 unspecified atom stereocenters. The maximum atomic E-state index is 14.0. The first-order chi connectivity index (χ1) is 18.2. The first-order valence-corrected chi connectivity index (χ1v) is 13.2. The topological polar surface area (TPSA) is 40.6 Å². The summed E-state index contributed by atoms with van der Waals surface area (Å²) in [5.74, 6) is -0.186. The lowest BCUT2D eigenvalue weighted by Crippen LogP contribution is -2.41. The van der Waals surface area contributed by atoms with Gasteiger partial charge in [-0.2, -0.15) is 0 Å². The Balaban J connectivity index is 1.62. The normalized spacial score (nSPS) is 13.4. The van der Waals surface area contributed by atoms with Gasteiger partial charge < -0.3 is 4.90 Å². The summed E-state index contributed by atoms with van der Waals surface area (Å²) in [5.41, 5.74) is 7.08. The summed E-state index contributed by atoms with van der Waals surface area (Å²) in [6, 6.07) is 24.0. The smallest absolute Gasteiger partial charge is 0.266 e. The third-order valence-electron chi connectivity index (χ3n) is 7.37. The minimum absolute atomic E-state index is 0.167. The summed E-state index contributed by atoms with van der Waals surface area (Å²) >= 11 is 0. The molecule has 4 nitrogen and oxygen atoms in total. The van der Waals surface area contributed by atoms with Gasteiger partial charge in [0.25, 0.3) is 11.8 Å². The van der Waals surface area contributed by atoms with Crippen LogP contribution in [0.4, 0.5) is 11.4 Å². The van der Waals surface area contributed by atoms with Crippen LogP contribution in [0.5, 0.6) is 0 Å². The minimum atomic E-state index is -0.261. The van der Waals surface area contributed by atoms with Crippen LogP contribution in [0.15, 0.2) is 72.8 Å². The molecule has 0 spiro atoms. The van der Waals surface area contributed by atoms with E-state index in [1.807, 2.05) is 62.6 Å². The maximum absolute atomic E-state index is 14.0. The molecule has 0 radical (unpaired) electrons. The van der Waals surface area contributed by atoms with E-state index in [0.29, 0.717) is 11.1 Å². The predicted molar refractivity (Wildman–Crippen MR) is 159 cm³/mol. The fourth-order valence-corrected chi connectivity index (χ4v) is 5.31. The van der Waals surface area contributed by atoms with Crippen LogP contribution >= 0.6 is 0 Å². The molecule has 4 aromatic carbocycles. The van der Waals surface area contributed by atoms with Gasteiger partial charge in [0.05, 0.1) is 5.69 Å². The minimum Gasteiger partial charge on any atom is -0.378 e. The van der Waals surface area contributed by atoms with Crippen molar-refractivity contribution in [1.29, 1.82) is 0 Å². The van der Waals surface area contributed by atoms with Gasteiger partial charge in [-0.05, 0) is 63.7 Å². The molecular weight excluding hydrogens is 468 g/mol. The van der Waals surface area contributed by atoms with Gasteiger partial charge in [-0.3, -0.25) is 9.59 Å². The highest BCUT2D eigenvalue weighted by molar-refractivity contribution is 6.36. The average molecular weight is 503 g/mol. The summed E-state index contributed by atoms with van der Waals surface area (Å²) in [5, 5.41) is 1.64. The summed E-state index contributed by atoms with van der Waals surface area (Å²) in [7, 11) is 4.05. The third kappa shape index (κ3) is 4.30. The van der Waals surface area contributed by atoms with Crippen molar-refractivity contribution in [3.05, 3.63) is 106 Å². The third-order valence-corrected chi connectivity index (χ3v) is 7.37. The van der Waals surface area contributed by atoms with Gasteiger partial charge in [-0.1, -0.05) is 88.4 Å². The number of imide groups is 1. The standard InChI is InChI=1S/C34H34N2O2/c1-21(2)26-9-7-10-27(22(3)4)32(26)36-33(37)29-12-8-11-28-24(17-20-30(31(28)29)34(36)38)16-13-23-14-18-25(19-15-23)35(5)6/h7-22H,1-6H3/b16-13+. The van der Waals surface area contributed by atoms with Crippen molar-refractivity contribution in [2.45, 2.75) is 39.5 Å². The largest absolute Gasteiger partial charge is 0.378 e. The molecule has 1 aliphatic rings. The number of anilines is 2. The van der Waals surface area contributed by atoms with Crippen LogP contribution in [-0.2, 0) is 0 Å². The second kappa shape index (κ2) is 9.94. The molecule has 0 aromatic heterocycles. The molecule has 0 aliphatic carbocycles. The lowest BCUT2D eigenvalue weighted by molar-refractivity contribution is 0.0893. The molecule has 1 aliphatic heterocycles. The number of para-hydroxylation sites is 1.